The van der Waals surface area contributed by atoms with Crippen molar-refractivity contribution < 1.29 is 9.53 Å². The molecule has 2 fully saturated rings. The molecule has 0 radical (unpaired) electrons. The van der Waals surface area contributed by atoms with Gasteiger partial charge in [-0.25, -0.2) is 0 Å². The van der Waals surface area contributed by atoms with Crippen LogP contribution in [0.4, 0.5) is 0 Å². The van der Waals surface area contributed by atoms with Crippen molar-refractivity contribution in [3.63, 3.8) is 0 Å². The lowest BCUT2D eigenvalue weighted by Crippen LogP contribution is -2.44. The minimum absolute atomic E-state index is 0.00866. The summed E-state index contributed by atoms with van der Waals surface area (Å²) in [7, 11) is 1.52. The number of esters is 1. The molecule has 2 aliphatic rings. The number of hydrogen-bond donors (Lipinski definition) is 0. The summed E-state index contributed by atoms with van der Waals surface area (Å²) in [5.74, 6) is 3.14. The Morgan fingerprint density at radius 2 is 2.06 bits per heavy atom. The second-order valence-electron chi connectivity index (χ2n) is 6.59. The lowest BCUT2D eigenvalue weighted by Gasteiger charge is -2.49. The van der Waals surface area contributed by atoms with Gasteiger partial charge in [0.25, 0.3) is 0 Å². The highest BCUT2D eigenvalue weighted by molar-refractivity contribution is 5.76. The van der Waals surface area contributed by atoms with Crippen molar-refractivity contribution in [1.82, 2.24) is 0 Å². The number of ether oxygens (including phenoxy) is 1. The molecule has 2 rings (SSSR count). The van der Waals surface area contributed by atoms with E-state index in [1.54, 1.807) is 0 Å². The van der Waals surface area contributed by atoms with Gasteiger partial charge in [-0.15, -0.1) is 0 Å². The zero-order chi connectivity index (χ0) is 12.6. The van der Waals surface area contributed by atoms with E-state index in [2.05, 4.69) is 20.8 Å². The summed E-state index contributed by atoms with van der Waals surface area (Å²) in [6.07, 6.45) is 6.03. The van der Waals surface area contributed by atoms with Gasteiger partial charge in [0.15, 0.2) is 0 Å². The summed E-state index contributed by atoms with van der Waals surface area (Å²) < 4.78 is 5.01. The fourth-order valence-corrected chi connectivity index (χ4v) is 4.45. The number of carbonyl (C=O) groups excluding carboxylic acids is 1. The van der Waals surface area contributed by atoms with Gasteiger partial charge in [0.05, 0.1) is 12.5 Å². The number of rotatable bonds is 2. The Morgan fingerprint density at radius 3 is 2.65 bits per heavy atom. The molecule has 2 bridgehead atoms. The first-order valence-corrected chi connectivity index (χ1v) is 7.08. The summed E-state index contributed by atoms with van der Waals surface area (Å²) >= 11 is 0. The SMILES string of the molecule is CCC1CC2CC(CC(C)(C(=O)OC)C2)C1C. The highest BCUT2D eigenvalue weighted by Crippen LogP contribution is 2.53. The lowest BCUT2D eigenvalue weighted by molar-refractivity contribution is -0.158. The number of carbonyl (C=O) groups is 1. The summed E-state index contributed by atoms with van der Waals surface area (Å²) in [6, 6.07) is 0. The molecule has 2 nitrogen and oxygen atoms in total. The predicted octanol–water partition coefficient (Wildman–Crippen LogP) is 3.65. The molecular weight excluding hydrogens is 212 g/mol. The Labute approximate surface area is 105 Å². The maximum Gasteiger partial charge on any atom is 0.311 e. The topological polar surface area (TPSA) is 26.3 Å². The van der Waals surface area contributed by atoms with E-state index < -0.39 is 0 Å². The number of fused-ring (bicyclic) bond motifs is 2. The van der Waals surface area contributed by atoms with Crippen molar-refractivity contribution in [3.05, 3.63) is 0 Å². The largest absolute Gasteiger partial charge is 0.469 e. The molecule has 0 aromatic carbocycles. The first kappa shape index (κ1) is 12.9. The van der Waals surface area contributed by atoms with E-state index in [0.29, 0.717) is 0 Å². The third-order valence-corrected chi connectivity index (χ3v) is 5.41. The minimum Gasteiger partial charge on any atom is -0.469 e. The van der Waals surface area contributed by atoms with E-state index in [1.807, 2.05) is 0 Å². The second-order valence-corrected chi connectivity index (χ2v) is 6.59. The molecule has 0 aromatic heterocycles. The van der Waals surface area contributed by atoms with Gasteiger partial charge in [-0.2, -0.15) is 0 Å². The molecule has 2 aliphatic carbocycles. The summed E-state index contributed by atoms with van der Waals surface area (Å²) in [5, 5.41) is 0. The van der Waals surface area contributed by atoms with E-state index in [9.17, 15) is 4.79 Å². The van der Waals surface area contributed by atoms with Gasteiger partial charge < -0.3 is 4.74 Å². The molecule has 0 aromatic rings. The second kappa shape index (κ2) is 4.62. The standard InChI is InChI=1S/C15H26O2/c1-5-12-6-11-7-13(10(12)2)9-15(3,8-11)14(16)17-4/h10-13H,5-9H2,1-4H3. The van der Waals surface area contributed by atoms with Crippen molar-refractivity contribution in [2.24, 2.45) is 29.1 Å². The van der Waals surface area contributed by atoms with E-state index in [-0.39, 0.29) is 11.4 Å². The van der Waals surface area contributed by atoms with Crippen molar-refractivity contribution in [2.75, 3.05) is 7.11 Å². The van der Waals surface area contributed by atoms with Crippen molar-refractivity contribution in [3.8, 4) is 0 Å². The fraction of sp³-hybridized carbons (Fsp3) is 0.933. The summed E-state index contributed by atoms with van der Waals surface area (Å²) in [6.45, 7) is 6.80. The van der Waals surface area contributed by atoms with Crippen LogP contribution in [-0.4, -0.2) is 13.1 Å². The normalized spacial score (nSPS) is 45.4. The molecule has 2 saturated carbocycles. The van der Waals surface area contributed by atoms with Crippen LogP contribution >= 0.6 is 0 Å². The van der Waals surface area contributed by atoms with Gasteiger partial charge in [-0.1, -0.05) is 20.3 Å². The Hall–Kier alpha value is -0.530. The summed E-state index contributed by atoms with van der Waals surface area (Å²) in [5.41, 5.74) is -0.213. The highest BCUT2D eigenvalue weighted by atomic mass is 16.5. The Balaban J connectivity index is 2.14. The predicted molar refractivity (Wildman–Crippen MR) is 68.5 cm³/mol. The average Bonchev–Trinajstić information content (AvgIpc) is 2.32. The third-order valence-electron chi connectivity index (χ3n) is 5.41. The first-order chi connectivity index (χ1) is 8.00. The quantitative estimate of drug-likeness (QED) is 0.686. The van der Waals surface area contributed by atoms with Crippen LogP contribution in [0.25, 0.3) is 0 Å². The van der Waals surface area contributed by atoms with Crippen molar-refractivity contribution in [1.29, 1.82) is 0 Å². The van der Waals surface area contributed by atoms with Crippen molar-refractivity contribution >= 4 is 5.97 Å². The van der Waals surface area contributed by atoms with E-state index in [0.717, 1.165) is 36.5 Å². The molecule has 0 saturated heterocycles. The van der Waals surface area contributed by atoms with Gasteiger partial charge in [0.2, 0.25) is 0 Å². The monoisotopic (exact) mass is 238 g/mol. The van der Waals surface area contributed by atoms with Gasteiger partial charge in [-0.3, -0.25) is 4.79 Å². The maximum atomic E-state index is 12.0. The molecule has 0 spiro atoms. The van der Waals surface area contributed by atoms with Crippen LogP contribution in [0.3, 0.4) is 0 Å². The Bertz CT molecular complexity index is 299. The fourth-order valence-electron chi connectivity index (χ4n) is 4.45. The van der Waals surface area contributed by atoms with E-state index in [4.69, 9.17) is 4.74 Å². The molecular formula is C15H26O2. The average molecular weight is 238 g/mol. The smallest absolute Gasteiger partial charge is 0.311 e. The van der Waals surface area contributed by atoms with Crippen LogP contribution in [-0.2, 0) is 9.53 Å². The van der Waals surface area contributed by atoms with E-state index >= 15 is 0 Å². The Kier molecular flexibility index (Phi) is 3.51. The molecule has 5 atom stereocenters. The van der Waals surface area contributed by atoms with Crippen LogP contribution in [0.1, 0.15) is 52.9 Å². The lowest BCUT2D eigenvalue weighted by atomic mass is 9.55. The van der Waals surface area contributed by atoms with Gasteiger partial charge in [-0.05, 0) is 56.3 Å². The molecule has 0 amide bonds. The third kappa shape index (κ3) is 2.23. The highest BCUT2D eigenvalue weighted by Gasteiger charge is 2.48. The van der Waals surface area contributed by atoms with Crippen LogP contribution in [0.2, 0.25) is 0 Å². The Morgan fingerprint density at radius 1 is 1.35 bits per heavy atom. The number of methoxy groups -OCH3 is 1. The summed E-state index contributed by atoms with van der Waals surface area (Å²) in [4.78, 5) is 12.0. The maximum absolute atomic E-state index is 12.0. The van der Waals surface area contributed by atoms with E-state index in [1.165, 1.54) is 26.4 Å². The van der Waals surface area contributed by atoms with Crippen LogP contribution in [0, 0.1) is 29.1 Å². The van der Waals surface area contributed by atoms with Gasteiger partial charge in [0.1, 0.15) is 0 Å². The molecule has 98 valence electrons. The van der Waals surface area contributed by atoms with Crippen molar-refractivity contribution in [2.45, 2.75) is 52.9 Å². The number of hydrogen-bond acceptors (Lipinski definition) is 2. The van der Waals surface area contributed by atoms with Crippen LogP contribution in [0.5, 0.6) is 0 Å². The minimum atomic E-state index is -0.213. The van der Waals surface area contributed by atoms with Gasteiger partial charge >= 0.3 is 5.97 Å². The van der Waals surface area contributed by atoms with Gasteiger partial charge in [0, 0.05) is 0 Å². The molecule has 0 heterocycles. The first-order valence-electron chi connectivity index (χ1n) is 7.08. The van der Waals surface area contributed by atoms with Crippen LogP contribution in [0.15, 0.2) is 0 Å². The molecule has 0 aliphatic heterocycles. The molecule has 0 N–H and O–H groups in total. The molecule has 17 heavy (non-hydrogen) atoms. The molecule has 2 heteroatoms. The zero-order valence-electron chi connectivity index (χ0n) is 11.7. The zero-order valence-corrected chi connectivity index (χ0v) is 11.7. The molecule has 5 unspecified atom stereocenters. The van der Waals surface area contributed by atoms with Crippen LogP contribution < -0.4 is 0 Å².